The molecule has 0 spiro atoms. The van der Waals surface area contributed by atoms with E-state index in [2.05, 4.69) is 121 Å². The fourth-order valence-corrected chi connectivity index (χ4v) is 10.0. The quantitative estimate of drug-likeness (QED) is 0.391. The summed E-state index contributed by atoms with van der Waals surface area (Å²) in [5.74, 6) is 0. The van der Waals surface area contributed by atoms with Gasteiger partial charge in [0.15, 0.2) is 0 Å². The summed E-state index contributed by atoms with van der Waals surface area (Å²) in [4.78, 5) is 0. The Labute approximate surface area is 205 Å². The molecule has 160 valence electrons. The Hall–Kier alpha value is -2.90. The number of rotatable bonds is 4. The molecule has 0 aromatic heterocycles. The maximum atomic E-state index is 2.45. The number of fused-ring (bicyclic) bond motifs is 2. The second kappa shape index (κ2) is 9.93. The third kappa shape index (κ3) is 4.23. The fourth-order valence-electron chi connectivity index (χ4n) is 4.93. The fraction of sp³-hybridized carbons (Fsp3) is 0.0667. The molecule has 0 aliphatic heterocycles. The predicted molar refractivity (Wildman–Crippen MR) is 127 cm³/mol. The number of halogens is 2. The smallest absolute Gasteiger partial charge is 1.00 e. The van der Waals surface area contributed by atoms with Crippen molar-refractivity contribution in [2.24, 2.45) is 0 Å². The van der Waals surface area contributed by atoms with Gasteiger partial charge in [0.2, 0.25) is 0 Å². The Morgan fingerprint density at radius 1 is 0.424 bits per heavy atom. The maximum absolute atomic E-state index is 2.45. The van der Waals surface area contributed by atoms with Crippen molar-refractivity contribution in [2.75, 3.05) is 0 Å². The first kappa shape index (κ1) is 23.3. The number of benzene rings is 4. The van der Waals surface area contributed by atoms with Gasteiger partial charge in [-0.3, -0.25) is 0 Å². The van der Waals surface area contributed by atoms with E-state index in [1.165, 1.54) is 44.5 Å². The van der Waals surface area contributed by atoms with Gasteiger partial charge in [-0.05, 0) is 0 Å². The molecule has 0 radical (unpaired) electrons. The third-order valence-corrected chi connectivity index (χ3v) is 11.1. The van der Waals surface area contributed by atoms with E-state index in [0.29, 0.717) is 7.25 Å². The van der Waals surface area contributed by atoms with Crippen LogP contribution in [0.25, 0.3) is 23.3 Å². The Kier molecular flexibility index (Phi) is 7.00. The summed E-state index contributed by atoms with van der Waals surface area (Å²) in [6.45, 7) is 0. The average molecular weight is 512 g/mol. The van der Waals surface area contributed by atoms with Crippen LogP contribution < -0.4 is 9.41 Å². The molecular formula is C30H22F2Zr. The van der Waals surface area contributed by atoms with Gasteiger partial charge in [-0.15, -0.1) is 0 Å². The van der Waals surface area contributed by atoms with Crippen molar-refractivity contribution in [3.05, 3.63) is 143 Å². The van der Waals surface area contributed by atoms with E-state index >= 15 is 0 Å². The summed E-state index contributed by atoms with van der Waals surface area (Å²) in [6.07, 6.45) is 4.89. The van der Waals surface area contributed by atoms with Crippen LogP contribution in [-0.4, -0.2) is 0 Å². The van der Waals surface area contributed by atoms with Crippen LogP contribution in [0.3, 0.4) is 0 Å². The van der Waals surface area contributed by atoms with E-state index in [1.54, 1.807) is 0 Å². The Morgan fingerprint density at radius 2 is 0.788 bits per heavy atom. The van der Waals surface area contributed by atoms with E-state index in [4.69, 9.17) is 0 Å². The van der Waals surface area contributed by atoms with Gasteiger partial charge in [-0.2, -0.15) is 0 Å². The van der Waals surface area contributed by atoms with Gasteiger partial charge in [0.1, 0.15) is 0 Å². The van der Waals surface area contributed by atoms with Crippen LogP contribution >= 0.6 is 0 Å². The van der Waals surface area contributed by atoms with Crippen LogP contribution in [0.2, 0.25) is 0 Å². The topological polar surface area (TPSA) is 0 Å². The van der Waals surface area contributed by atoms with Crippen molar-refractivity contribution in [1.82, 2.24) is 0 Å². The Bertz CT molecular complexity index is 1210. The summed E-state index contributed by atoms with van der Waals surface area (Å²) in [5, 5.41) is 0. The molecule has 2 unspecified atom stereocenters. The molecule has 4 aromatic rings. The maximum Gasteiger partial charge on any atom is -1.00 e. The minimum atomic E-state index is -0.942. The second-order valence-corrected chi connectivity index (χ2v) is 11.9. The molecule has 0 bridgehead atoms. The van der Waals surface area contributed by atoms with E-state index in [1.807, 2.05) is 0 Å². The number of hydrogen-bond acceptors (Lipinski definition) is 0. The van der Waals surface area contributed by atoms with Crippen molar-refractivity contribution in [3.8, 4) is 0 Å². The van der Waals surface area contributed by atoms with Gasteiger partial charge in [0.25, 0.3) is 0 Å². The molecule has 0 nitrogen and oxygen atoms in total. The molecule has 0 fully saturated rings. The molecule has 3 heteroatoms. The molecule has 2 atom stereocenters. The molecule has 0 heterocycles. The molecule has 2 aliphatic carbocycles. The summed E-state index contributed by atoms with van der Waals surface area (Å²) >= 11 is -0.942. The summed E-state index contributed by atoms with van der Waals surface area (Å²) < 4.78 is 1.12. The number of hydrogen-bond donors (Lipinski definition) is 0. The van der Waals surface area contributed by atoms with Crippen LogP contribution in [0.15, 0.2) is 109 Å². The van der Waals surface area contributed by atoms with Crippen LogP contribution in [0.4, 0.5) is 0 Å². The minimum Gasteiger partial charge on any atom is -1.00 e. The van der Waals surface area contributed by atoms with Crippen LogP contribution in [-0.2, 0) is 23.2 Å². The van der Waals surface area contributed by atoms with E-state index in [-0.39, 0.29) is 9.41 Å². The van der Waals surface area contributed by atoms with E-state index in [0.717, 1.165) is 0 Å². The molecule has 0 amide bonds. The molecule has 2 aliphatic rings. The summed E-state index contributed by atoms with van der Waals surface area (Å²) in [5.41, 5.74) is 11.7. The molecule has 0 N–H and O–H groups in total. The van der Waals surface area contributed by atoms with E-state index < -0.39 is 23.2 Å². The molecule has 0 saturated heterocycles. The minimum absolute atomic E-state index is 0. The van der Waals surface area contributed by atoms with Crippen LogP contribution in [0, 0.1) is 0 Å². The molecular weight excluding hydrogens is 490 g/mol. The van der Waals surface area contributed by atoms with Crippen molar-refractivity contribution < 1.29 is 32.6 Å². The van der Waals surface area contributed by atoms with Crippen LogP contribution in [0.1, 0.15) is 40.6 Å². The molecule has 4 aromatic carbocycles. The summed E-state index contributed by atoms with van der Waals surface area (Å²) in [6, 6.07) is 40.1. The monoisotopic (exact) mass is 510 g/mol. The number of allylic oxidation sites excluding steroid dienone is 2. The predicted octanol–water partition coefficient (Wildman–Crippen LogP) is 1.67. The van der Waals surface area contributed by atoms with Crippen molar-refractivity contribution in [1.29, 1.82) is 0 Å². The normalized spacial score (nSPS) is 17.5. The molecule has 33 heavy (non-hydrogen) atoms. The standard InChI is InChI=1S/2C15H11.2FH.Zr/c2*1-2-6-12(7-3-1)15-10-13-8-4-5-9-14(13)11-15;;;/h2*1-11H;2*1H;/q;;;;+2/p-2. The first-order valence-electron chi connectivity index (χ1n) is 10.9. The van der Waals surface area contributed by atoms with Gasteiger partial charge in [-0.25, -0.2) is 0 Å². The average Bonchev–Trinajstić information content (AvgIpc) is 3.40. The van der Waals surface area contributed by atoms with Gasteiger partial charge >= 0.3 is 196 Å². The second-order valence-electron chi connectivity index (χ2n) is 8.22. The van der Waals surface area contributed by atoms with Gasteiger partial charge in [-0.1, -0.05) is 0 Å². The largest absolute Gasteiger partial charge is 1.00 e. The van der Waals surface area contributed by atoms with Gasteiger partial charge < -0.3 is 9.41 Å². The van der Waals surface area contributed by atoms with Crippen molar-refractivity contribution in [2.45, 2.75) is 7.25 Å². The first-order chi connectivity index (χ1) is 15.4. The van der Waals surface area contributed by atoms with Crippen molar-refractivity contribution >= 4 is 23.3 Å². The zero-order valence-corrected chi connectivity index (χ0v) is 20.4. The molecule has 0 saturated carbocycles. The zero-order valence-electron chi connectivity index (χ0n) is 18.0. The Morgan fingerprint density at radius 3 is 1.21 bits per heavy atom. The SMILES string of the molecule is C1=C(c2ccccc2)[CH]([Zr+2][CH]2C(c3ccccc3)=Cc3ccccc32)c2ccccc21.[F-].[F-]. The van der Waals surface area contributed by atoms with E-state index in [9.17, 15) is 0 Å². The molecule has 6 rings (SSSR count). The summed E-state index contributed by atoms with van der Waals surface area (Å²) in [7, 11) is 0. The first-order valence-corrected chi connectivity index (χ1v) is 13.7. The van der Waals surface area contributed by atoms with Crippen molar-refractivity contribution in [3.63, 3.8) is 0 Å². The third-order valence-electron chi connectivity index (χ3n) is 6.41. The van der Waals surface area contributed by atoms with Gasteiger partial charge in [0, 0.05) is 0 Å². The zero-order chi connectivity index (χ0) is 20.6. The van der Waals surface area contributed by atoms with Crippen LogP contribution in [0.5, 0.6) is 0 Å². The Balaban J connectivity index is 0.00000130. The van der Waals surface area contributed by atoms with Gasteiger partial charge in [0.05, 0.1) is 0 Å².